The molecule has 1 heterocycles. The zero-order chi connectivity index (χ0) is 12.4. The van der Waals surface area contributed by atoms with Gasteiger partial charge in [-0.1, -0.05) is 6.07 Å². The molecule has 2 aromatic rings. The molecule has 0 aliphatic rings. The predicted octanol–water partition coefficient (Wildman–Crippen LogP) is 2.98. The smallest absolute Gasteiger partial charge is 0.0898 e. The first-order chi connectivity index (χ1) is 8.06. The highest BCUT2D eigenvalue weighted by molar-refractivity contribution is 7.09. The third-order valence-electron chi connectivity index (χ3n) is 2.66. The van der Waals surface area contributed by atoms with E-state index in [0.717, 1.165) is 28.6 Å². The van der Waals surface area contributed by atoms with E-state index in [0.29, 0.717) is 0 Å². The van der Waals surface area contributed by atoms with Gasteiger partial charge in [-0.15, -0.1) is 11.3 Å². The Kier molecular flexibility index (Phi) is 3.33. The second kappa shape index (κ2) is 4.75. The molecule has 0 aliphatic heterocycles. The van der Waals surface area contributed by atoms with Crippen LogP contribution in [0.1, 0.15) is 16.3 Å². The number of hydrogen-bond acceptors (Lipinski definition) is 4. The minimum atomic E-state index is 0.789. The van der Waals surface area contributed by atoms with Crippen LogP contribution in [0.15, 0.2) is 23.6 Å². The number of thiazole rings is 1. The summed E-state index contributed by atoms with van der Waals surface area (Å²) in [5.74, 6) is 0. The van der Waals surface area contributed by atoms with Gasteiger partial charge in [0.25, 0.3) is 0 Å². The van der Waals surface area contributed by atoms with E-state index in [1.807, 2.05) is 27.0 Å². The van der Waals surface area contributed by atoms with Crippen molar-refractivity contribution in [1.29, 1.82) is 0 Å². The quantitative estimate of drug-likeness (QED) is 0.848. The molecule has 17 heavy (non-hydrogen) atoms. The Labute approximate surface area is 106 Å². The van der Waals surface area contributed by atoms with Crippen molar-refractivity contribution in [3.8, 4) is 0 Å². The number of hydrogen-bond donors (Lipinski definition) is 1. The number of aryl methyl sites for hydroxylation is 2. The molecule has 2 N–H and O–H groups in total. The summed E-state index contributed by atoms with van der Waals surface area (Å²) in [6, 6.07) is 6.14. The van der Waals surface area contributed by atoms with Gasteiger partial charge in [0.2, 0.25) is 0 Å². The molecule has 1 aromatic carbocycles. The van der Waals surface area contributed by atoms with E-state index in [9.17, 15) is 0 Å². The zero-order valence-electron chi connectivity index (χ0n) is 10.4. The van der Waals surface area contributed by atoms with Crippen molar-refractivity contribution in [2.24, 2.45) is 0 Å². The van der Waals surface area contributed by atoms with Gasteiger partial charge in [-0.05, 0) is 31.5 Å². The summed E-state index contributed by atoms with van der Waals surface area (Å²) in [7, 11) is 2.04. The molecule has 0 saturated carbocycles. The van der Waals surface area contributed by atoms with Gasteiger partial charge < -0.3 is 10.6 Å². The second-order valence-electron chi connectivity index (χ2n) is 4.28. The fraction of sp³-hybridized carbons (Fsp3) is 0.308. The maximum Gasteiger partial charge on any atom is 0.0898 e. The van der Waals surface area contributed by atoms with Crippen LogP contribution < -0.4 is 10.6 Å². The van der Waals surface area contributed by atoms with E-state index >= 15 is 0 Å². The fourth-order valence-electron chi connectivity index (χ4n) is 1.83. The Hall–Kier alpha value is -1.55. The summed E-state index contributed by atoms with van der Waals surface area (Å²) in [6.07, 6.45) is 0. The lowest BCUT2D eigenvalue weighted by molar-refractivity contribution is 0.891. The fourth-order valence-corrected chi connectivity index (χ4v) is 2.43. The molecule has 3 nitrogen and oxygen atoms in total. The van der Waals surface area contributed by atoms with Gasteiger partial charge in [0.15, 0.2) is 0 Å². The Morgan fingerprint density at radius 2 is 2.12 bits per heavy atom. The Balaban J connectivity index is 2.17. The molecule has 1 aromatic heterocycles. The van der Waals surface area contributed by atoms with Crippen LogP contribution in [0.3, 0.4) is 0 Å². The van der Waals surface area contributed by atoms with E-state index in [-0.39, 0.29) is 0 Å². The van der Waals surface area contributed by atoms with Crippen LogP contribution in [0.5, 0.6) is 0 Å². The van der Waals surface area contributed by atoms with E-state index in [2.05, 4.69) is 27.4 Å². The summed E-state index contributed by atoms with van der Waals surface area (Å²) in [5, 5.41) is 3.20. The number of aromatic nitrogens is 1. The lowest BCUT2D eigenvalue weighted by atomic mass is 10.2. The van der Waals surface area contributed by atoms with Gasteiger partial charge >= 0.3 is 0 Å². The average molecular weight is 247 g/mol. The number of nitrogen functional groups attached to an aromatic ring is 1. The van der Waals surface area contributed by atoms with Crippen LogP contribution in [-0.2, 0) is 6.54 Å². The van der Waals surface area contributed by atoms with Crippen molar-refractivity contribution in [2.75, 3.05) is 17.7 Å². The predicted molar refractivity (Wildman–Crippen MR) is 74.5 cm³/mol. The third kappa shape index (κ3) is 2.77. The number of rotatable bonds is 3. The molecular weight excluding hydrogens is 230 g/mol. The largest absolute Gasteiger partial charge is 0.397 e. The number of benzene rings is 1. The second-order valence-corrected chi connectivity index (χ2v) is 5.34. The number of nitrogens with two attached hydrogens (primary N) is 1. The van der Waals surface area contributed by atoms with Crippen LogP contribution in [0.4, 0.5) is 11.4 Å². The maximum absolute atomic E-state index is 6.02. The number of anilines is 2. The van der Waals surface area contributed by atoms with Crippen molar-refractivity contribution >= 4 is 22.7 Å². The lowest BCUT2D eigenvalue weighted by Crippen LogP contribution is -2.18. The molecule has 0 spiro atoms. The normalized spacial score (nSPS) is 10.5. The molecule has 0 amide bonds. The van der Waals surface area contributed by atoms with Crippen LogP contribution in [-0.4, -0.2) is 12.0 Å². The standard InChI is InChI=1S/C13H17N3S/c1-9-4-5-13(12(14)6-9)16(3)7-11-8-17-10(2)15-11/h4-6,8H,7,14H2,1-3H3. The SMILES string of the molecule is Cc1ccc(N(C)Cc2csc(C)n2)c(N)c1. The van der Waals surface area contributed by atoms with E-state index in [4.69, 9.17) is 5.73 Å². The summed E-state index contributed by atoms with van der Waals surface area (Å²) < 4.78 is 0. The maximum atomic E-state index is 6.02. The molecular formula is C13H17N3S. The molecule has 0 radical (unpaired) electrons. The molecule has 0 atom stereocenters. The summed E-state index contributed by atoms with van der Waals surface area (Å²) in [4.78, 5) is 6.59. The minimum Gasteiger partial charge on any atom is -0.397 e. The summed E-state index contributed by atoms with van der Waals surface area (Å²) in [6.45, 7) is 4.86. The first-order valence-corrected chi connectivity index (χ1v) is 6.42. The van der Waals surface area contributed by atoms with Crippen LogP contribution in [0.25, 0.3) is 0 Å². The highest BCUT2D eigenvalue weighted by atomic mass is 32.1. The highest BCUT2D eigenvalue weighted by Gasteiger charge is 2.07. The van der Waals surface area contributed by atoms with Gasteiger partial charge in [0, 0.05) is 12.4 Å². The van der Waals surface area contributed by atoms with Crippen LogP contribution in [0, 0.1) is 13.8 Å². The molecule has 0 saturated heterocycles. The van der Waals surface area contributed by atoms with Crippen molar-refractivity contribution in [3.05, 3.63) is 39.8 Å². The topological polar surface area (TPSA) is 42.2 Å². The van der Waals surface area contributed by atoms with Gasteiger partial charge in [0.05, 0.1) is 28.6 Å². The molecule has 90 valence electrons. The van der Waals surface area contributed by atoms with Crippen LogP contribution in [0.2, 0.25) is 0 Å². The van der Waals surface area contributed by atoms with Gasteiger partial charge in [-0.2, -0.15) is 0 Å². The molecule has 0 bridgehead atoms. The van der Waals surface area contributed by atoms with Crippen LogP contribution >= 0.6 is 11.3 Å². The van der Waals surface area contributed by atoms with Crippen molar-refractivity contribution < 1.29 is 0 Å². The van der Waals surface area contributed by atoms with Crippen molar-refractivity contribution in [2.45, 2.75) is 20.4 Å². The summed E-state index contributed by atoms with van der Waals surface area (Å²) in [5.41, 5.74) is 10.2. The minimum absolute atomic E-state index is 0.789. The Morgan fingerprint density at radius 1 is 1.35 bits per heavy atom. The monoisotopic (exact) mass is 247 g/mol. The zero-order valence-corrected chi connectivity index (χ0v) is 11.2. The molecule has 0 fully saturated rings. The third-order valence-corrected chi connectivity index (χ3v) is 3.48. The van der Waals surface area contributed by atoms with E-state index in [1.54, 1.807) is 11.3 Å². The Bertz CT molecular complexity index is 519. The summed E-state index contributed by atoms with van der Waals surface area (Å²) >= 11 is 1.68. The molecule has 2 rings (SSSR count). The van der Waals surface area contributed by atoms with Gasteiger partial charge in [-0.3, -0.25) is 0 Å². The molecule has 0 aliphatic carbocycles. The van der Waals surface area contributed by atoms with Crippen molar-refractivity contribution in [1.82, 2.24) is 4.98 Å². The Morgan fingerprint density at radius 3 is 2.71 bits per heavy atom. The first-order valence-electron chi connectivity index (χ1n) is 5.54. The molecule has 0 unspecified atom stereocenters. The van der Waals surface area contributed by atoms with E-state index < -0.39 is 0 Å². The van der Waals surface area contributed by atoms with Gasteiger partial charge in [-0.25, -0.2) is 4.98 Å². The molecule has 4 heteroatoms. The van der Waals surface area contributed by atoms with E-state index in [1.165, 1.54) is 5.56 Å². The average Bonchev–Trinajstić information content (AvgIpc) is 2.63. The highest BCUT2D eigenvalue weighted by Crippen LogP contribution is 2.24. The van der Waals surface area contributed by atoms with Gasteiger partial charge in [0.1, 0.15) is 0 Å². The number of nitrogens with zero attached hydrogens (tertiary/aromatic N) is 2. The van der Waals surface area contributed by atoms with Crippen molar-refractivity contribution in [3.63, 3.8) is 0 Å². The first kappa shape index (κ1) is 11.9. The lowest BCUT2D eigenvalue weighted by Gasteiger charge is -2.20.